The molecule has 0 saturated carbocycles. The molecule has 1 aliphatic heterocycles. The van der Waals surface area contributed by atoms with Gasteiger partial charge in [-0.1, -0.05) is 0 Å². The van der Waals surface area contributed by atoms with E-state index in [0.717, 1.165) is 35.5 Å². The van der Waals surface area contributed by atoms with Crippen molar-refractivity contribution in [3.63, 3.8) is 0 Å². The van der Waals surface area contributed by atoms with Crippen molar-refractivity contribution in [3.05, 3.63) is 29.5 Å². The van der Waals surface area contributed by atoms with Gasteiger partial charge in [0.1, 0.15) is 12.1 Å². The van der Waals surface area contributed by atoms with Crippen molar-refractivity contribution in [1.82, 2.24) is 19.9 Å². The van der Waals surface area contributed by atoms with Crippen LogP contribution in [0, 0.1) is 6.92 Å². The van der Waals surface area contributed by atoms with E-state index >= 15 is 0 Å². The van der Waals surface area contributed by atoms with Gasteiger partial charge in [-0.3, -0.25) is 0 Å². The number of fused-ring (bicyclic) bond motifs is 1. The first-order chi connectivity index (χ1) is 11.7. The van der Waals surface area contributed by atoms with Gasteiger partial charge in [0.05, 0.1) is 17.3 Å². The Balaban J connectivity index is 1.51. The summed E-state index contributed by atoms with van der Waals surface area (Å²) in [6.07, 6.45) is 4.36. The van der Waals surface area contributed by atoms with Crippen molar-refractivity contribution in [1.29, 1.82) is 0 Å². The number of aryl methyl sites for hydroxylation is 1. The highest BCUT2D eigenvalue weighted by Gasteiger charge is 2.26. The molecule has 4 rings (SSSR count). The van der Waals surface area contributed by atoms with Crippen LogP contribution in [-0.4, -0.2) is 46.2 Å². The molecule has 7 nitrogen and oxygen atoms in total. The first-order valence-corrected chi connectivity index (χ1v) is 8.70. The summed E-state index contributed by atoms with van der Waals surface area (Å²) in [5, 5.41) is 5.52. The molecule has 0 aromatic carbocycles. The molecule has 0 spiro atoms. The van der Waals surface area contributed by atoms with Crippen LogP contribution < -0.4 is 15.0 Å². The average molecular weight is 342 g/mol. The summed E-state index contributed by atoms with van der Waals surface area (Å²) in [7, 11) is 1.60. The fourth-order valence-corrected chi connectivity index (χ4v) is 3.98. The average Bonchev–Trinajstić information content (AvgIpc) is 3.22. The molecule has 0 bridgehead atoms. The molecule has 3 aromatic heterocycles. The Morgan fingerprint density at radius 1 is 1.33 bits per heavy atom. The van der Waals surface area contributed by atoms with Crippen LogP contribution in [0.1, 0.15) is 12.0 Å². The van der Waals surface area contributed by atoms with Crippen LogP contribution in [0.15, 0.2) is 24.0 Å². The topological polar surface area (TPSA) is 76.1 Å². The first-order valence-electron chi connectivity index (χ1n) is 7.82. The zero-order valence-corrected chi connectivity index (χ0v) is 14.4. The molecule has 1 aliphatic rings. The monoisotopic (exact) mass is 342 g/mol. The fraction of sp³-hybridized carbons (Fsp3) is 0.375. The number of nitrogens with one attached hydrogen (secondary N) is 1. The second kappa shape index (κ2) is 6.20. The van der Waals surface area contributed by atoms with E-state index in [1.165, 1.54) is 5.56 Å². The fourth-order valence-electron chi connectivity index (χ4n) is 2.96. The second-order valence-corrected chi connectivity index (χ2v) is 6.67. The van der Waals surface area contributed by atoms with E-state index in [-0.39, 0.29) is 6.04 Å². The normalized spacial score (nSPS) is 17.4. The third-order valence-corrected chi connectivity index (χ3v) is 5.26. The van der Waals surface area contributed by atoms with E-state index in [9.17, 15) is 0 Å². The van der Waals surface area contributed by atoms with Crippen molar-refractivity contribution in [2.75, 3.05) is 30.4 Å². The Labute approximate surface area is 143 Å². The van der Waals surface area contributed by atoms with E-state index in [0.29, 0.717) is 11.8 Å². The summed E-state index contributed by atoms with van der Waals surface area (Å²) in [5.74, 6) is 2.18. The lowest BCUT2D eigenvalue weighted by Gasteiger charge is -2.18. The third kappa shape index (κ3) is 2.73. The van der Waals surface area contributed by atoms with E-state index < -0.39 is 0 Å². The van der Waals surface area contributed by atoms with Crippen LogP contribution in [0.3, 0.4) is 0 Å². The number of aromatic nitrogens is 4. The van der Waals surface area contributed by atoms with Gasteiger partial charge in [-0.05, 0) is 24.3 Å². The highest BCUT2D eigenvalue weighted by molar-refractivity contribution is 7.18. The maximum absolute atomic E-state index is 5.14. The molecule has 1 N–H and O–H groups in total. The van der Waals surface area contributed by atoms with Crippen molar-refractivity contribution >= 4 is 33.3 Å². The molecular weight excluding hydrogens is 324 g/mol. The maximum atomic E-state index is 5.14. The SMILES string of the molecule is COc1ccnc(NC2CCN(c3ncnc4c(C)csc34)C2)n1. The molecule has 8 heteroatoms. The Morgan fingerprint density at radius 3 is 3.12 bits per heavy atom. The van der Waals surface area contributed by atoms with Gasteiger partial charge < -0.3 is 15.0 Å². The van der Waals surface area contributed by atoms with Crippen LogP contribution in [0.4, 0.5) is 11.8 Å². The number of ether oxygens (including phenoxy) is 1. The lowest BCUT2D eigenvalue weighted by molar-refractivity contribution is 0.397. The van der Waals surface area contributed by atoms with Gasteiger partial charge in [0.25, 0.3) is 0 Å². The minimum Gasteiger partial charge on any atom is -0.481 e. The van der Waals surface area contributed by atoms with E-state index in [1.54, 1.807) is 37.0 Å². The summed E-state index contributed by atoms with van der Waals surface area (Å²) < 4.78 is 6.30. The number of hydrogen-bond donors (Lipinski definition) is 1. The molecule has 1 unspecified atom stereocenters. The van der Waals surface area contributed by atoms with Crippen molar-refractivity contribution in [2.24, 2.45) is 0 Å². The number of anilines is 2. The van der Waals surface area contributed by atoms with Crippen LogP contribution in [0.2, 0.25) is 0 Å². The number of nitrogens with zero attached hydrogens (tertiary/aromatic N) is 5. The summed E-state index contributed by atoms with van der Waals surface area (Å²) in [6.45, 7) is 3.90. The minimum absolute atomic E-state index is 0.281. The summed E-state index contributed by atoms with van der Waals surface area (Å²) in [6, 6.07) is 2.02. The maximum Gasteiger partial charge on any atom is 0.226 e. The molecule has 4 heterocycles. The standard InChI is InChI=1S/C16H18N6OS/c1-10-8-24-14-13(10)18-9-19-15(14)22-6-4-11(7-22)20-16-17-5-3-12(21-16)23-2/h3,5,8-9,11H,4,6-7H2,1-2H3,(H,17,20,21). The number of rotatable bonds is 4. The van der Waals surface area contributed by atoms with Gasteiger partial charge >= 0.3 is 0 Å². The molecule has 1 fully saturated rings. The zero-order chi connectivity index (χ0) is 16.5. The third-order valence-electron chi connectivity index (χ3n) is 4.17. The molecule has 0 amide bonds. The second-order valence-electron chi connectivity index (χ2n) is 5.79. The highest BCUT2D eigenvalue weighted by Crippen LogP contribution is 2.32. The first kappa shape index (κ1) is 15.1. The minimum atomic E-state index is 0.281. The molecule has 1 saturated heterocycles. The Bertz CT molecular complexity index is 867. The van der Waals surface area contributed by atoms with Crippen LogP contribution in [0.5, 0.6) is 5.88 Å². The van der Waals surface area contributed by atoms with Gasteiger partial charge in [-0.2, -0.15) is 4.98 Å². The van der Waals surface area contributed by atoms with E-state index in [1.807, 2.05) is 0 Å². The van der Waals surface area contributed by atoms with Gasteiger partial charge in [0, 0.05) is 31.4 Å². The van der Waals surface area contributed by atoms with Crippen molar-refractivity contribution in [2.45, 2.75) is 19.4 Å². The van der Waals surface area contributed by atoms with Crippen molar-refractivity contribution < 1.29 is 4.74 Å². The highest BCUT2D eigenvalue weighted by atomic mass is 32.1. The van der Waals surface area contributed by atoms with E-state index in [2.05, 4.69) is 42.5 Å². The lowest BCUT2D eigenvalue weighted by Crippen LogP contribution is -2.27. The molecule has 24 heavy (non-hydrogen) atoms. The number of hydrogen-bond acceptors (Lipinski definition) is 8. The summed E-state index contributed by atoms with van der Waals surface area (Å²) in [4.78, 5) is 19.8. The zero-order valence-electron chi connectivity index (χ0n) is 13.6. The largest absolute Gasteiger partial charge is 0.481 e. The Hall–Kier alpha value is -2.48. The summed E-state index contributed by atoms with van der Waals surface area (Å²) >= 11 is 1.71. The van der Waals surface area contributed by atoms with Crippen LogP contribution in [-0.2, 0) is 0 Å². The van der Waals surface area contributed by atoms with Crippen LogP contribution >= 0.6 is 11.3 Å². The number of methoxy groups -OCH3 is 1. The van der Waals surface area contributed by atoms with Gasteiger partial charge in [0.15, 0.2) is 0 Å². The predicted octanol–water partition coefficient (Wildman–Crippen LogP) is 2.49. The molecule has 1 atom stereocenters. The molecule has 124 valence electrons. The number of thiophene rings is 1. The molecule has 3 aromatic rings. The Morgan fingerprint density at radius 2 is 2.25 bits per heavy atom. The predicted molar refractivity (Wildman–Crippen MR) is 95.0 cm³/mol. The molecular formula is C16H18N6OS. The van der Waals surface area contributed by atoms with Crippen molar-refractivity contribution in [3.8, 4) is 5.88 Å². The summed E-state index contributed by atoms with van der Waals surface area (Å²) in [5.41, 5.74) is 2.26. The van der Waals surface area contributed by atoms with Crippen LogP contribution in [0.25, 0.3) is 10.2 Å². The smallest absolute Gasteiger partial charge is 0.226 e. The van der Waals surface area contributed by atoms with Gasteiger partial charge in [-0.15, -0.1) is 11.3 Å². The quantitative estimate of drug-likeness (QED) is 0.780. The van der Waals surface area contributed by atoms with Gasteiger partial charge in [-0.25, -0.2) is 15.0 Å². The molecule has 0 aliphatic carbocycles. The van der Waals surface area contributed by atoms with E-state index in [4.69, 9.17) is 4.74 Å². The van der Waals surface area contributed by atoms with Gasteiger partial charge in [0.2, 0.25) is 11.8 Å². The Kier molecular flexibility index (Phi) is 3.89. The molecule has 0 radical (unpaired) electrons. The lowest BCUT2D eigenvalue weighted by atomic mass is 10.3.